The molecule has 0 spiro atoms. The van der Waals surface area contributed by atoms with Gasteiger partial charge in [0.1, 0.15) is 0 Å². The Bertz CT molecular complexity index is 478. The Morgan fingerprint density at radius 2 is 2.32 bits per heavy atom. The number of nitro groups is 1. The Balaban J connectivity index is 2.82. The summed E-state index contributed by atoms with van der Waals surface area (Å²) in [5.74, 6) is -1.16. The van der Waals surface area contributed by atoms with Crippen LogP contribution in [0.25, 0.3) is 0 Å². The van der Waals surface area contributed by atoms with Crippen LogP contribution < -0.4 is 5.32 Å². The predicted octanol–water partition coefficient (Wildman–Crippen LogP) is 1.05. The molecule has 1 rings (SSSR count). The van der Waals surface area contributed by atoms with Gasteiger partial charge in [0.25, 0.3) is 0 Å². The molecule has 19 heavy (non-hydrogen) atoms. The number of pyridine rings is 1. The van der Waals surface area contributed by atoms with E-state index >= 15 is 0 Å². The summed E-state index contributed by atoms with van der Waals surface area (Å²) in [7, 11) is 1.93. The van der Waals surface area contributed by atoms with Crippen LogP contribution in [0.5, 0.6) is 0 Å². The lowest BCUT2D eigenvalue weighted by molar-refractivity contribution is -0.384. The molecule has 0 saturated heterocycles. The third-order valence-electron chi connectivity index (χ3n) is 2.64. The summed E-state index contributed by atoms with van der Waals surface area (Å²) in [6.07, 6.45) is 1.10. The maximum absolute atomic E-state index is 10.9. The van der Waals surface area contributed by atoms with Gasteiger partial charge in [-0.1, -0.05) is 6.92 Å². The second kappa shape index (κ2) is 6.64. The molecule has 8 heteroatoms. The topological polar surface area (TPSA) is 109 Å². The first-order valence-corrected chi connectivity index (χ1v) is 5.75. The fraction of sp³-hybridized carbons (Fsp3) is 0.455. The van der Waals surface area contributed by atoms with Crippen LogP contribution in [-0.4, -0.2) is 52.6 Å². The summed E-state index contributed by atoms with van der Waals surface area (Å²) < 4.78 is 0. The fourth-order valence-corrected chi connectivity index (χ4v) is 1.37. The SMILES string of the molecule is CCN(C)CCNc1ncc(C(=O)O)cc1[N+](=O)[O-]. The Hall–Kier alpha value is -2.22. The van der Waals surface area contributed by atoms with Crippen LogP contribution in [0.15, 0.2) is 12.3 Å². The maximum atomic E-state index is 10.9. The van der Waals surface area contributed by atoms with E-state index in [9.17, 15) is 14.9 Å². The molecule has 1 aromatic heterocycles. The zero-order chi connectivity index (χ0) is 14.4. The van der Waals surface area contributed by atoms with Crippen LogP contribution in [0.1, 0.15) is 17.3 Å². The van der Waals surface area contributed by atoms with Crippen molar-refractivity contribution in [3.8, 4) is 0 Å². The summed E-state index contributed by atoms with van der Waals surface area (Å²) >= 11 is 0. The van der Waals surface area contributed by atoms with Crippen molar-refractivity contribution in [3.05, 3.63) is 27.9 Å². The lowest BCUT2D eigenvalue weighted by Gasteiger charge is -2.14. The van der Waals surface area contributed by atoms with E-state index in [4.69, 9.17) is 5.11 Å². The van der Waals surface area contributed by atoms with Gasteiger partial charge < -0.3 is 15.3 Å². The molecule has 1 aromatic rings. The molecule has 0 aliphatic carbocycles. The number of hydrogen-bond donors (Lipinski definition) is 2. The molecule has 0 bridgehead atoms. The number of likely N-dealkylation sites (N-methyl/N-ethyl adjacent to an activating group) is 1. The van der Waals surface area contributed by atoms with Crippen molar-refractivity contribution in [2.75, 3.05) is 32.0 Å². The molecule has 0 aromatic carbocycles. The van der Waals surface area contributed by atoms with E-state index in [1.807, 2.05) is 18.9 Å². The summed E-state index contributed by atoms with van der Waals surface area (Å²) in [5.41, 5.74) is -0.540. The summed E-state index contributed by atoms with van der Waals surface area (Å²) in [6.45, 7) is 4.07. The van der Waals surface area contributed by atoms with Gasteiger partial charge in [-0.05, 0) is 13.6 Å². The number of rotatable bonds is 7. The zero-order valence-electron chi connectivity index (χ0n) is 10.8. The van der Waals surface area contributed by atoms with Crippen LogP contribution >= 0.6 is 0 Å². The molecular weight excluding hydrogens is 252 g/mol. The van der Waals surface area contributed by atoms with Gasteiger partial charge in [-0.2, -0.15) is 0 Å². The third-order valence-corrected chi connectivity index (χ3v) is 2.64. The van der Waals surface area contributed by atoms with E-state index in [1.165, 1.54) is 0 Å². The Labute approximate surface area is 110 Å². The molecule has 0 radical (unpaired) electrons. The molecule has 1 heterocycles. The molecule has 0 fully saturated rings. The number of aromatic nitrogens is 1. The van der Waals surface area contributed by atoms with E-state index in [0.29, 0.717) is 13.1 Å². The third kappa shape index (κ3) is 4.18. The van der Waals surface area contributed by atoms with Crippen LogP contribution in [0.2, 0.25) is 0 Å². The number of nitrogens with one attached hydrogen (secondary N) is 1. The molecular formula is C11H16N4O4. The number of aromatic carboxylic acids is 1. The molecule has 8 nitrogen and oxygen atoms in total. The van der Waals surface area contributed by atoms with E-state index in [1.54, 1.807) is 0 Å². The minimum absolute atomic E-state index is 0.0829. The van der Waals surface area contributed by atoms with Gasteiger partial charge in [-0.25, -0.2) is 9.78 Å². The molecule has 0 saturated carbocycles. The molecule has 0 unspecified atom stereocenters. The smallest absolute Gasteiger partial charge is 0.337 e. The van der Waals surface area contributed by atoms with Crippen LogP contribution in [-0.2, 0) is 0 Å². The molecule has 0 amide bonds. The van der Waals surface area contributed by atoms with Gasteiger partial charge >= 0.3 is 11.7 Å². The van der Waals surface area contributed by atoms with Crippen molar-refractivity contribution in [3.63, 3.8) is 0 Å². The average molecular weight is 268 g/mol. The highest BCUT2D eigenvalue weighted by Crippen LogP contribution is 2.22. The van der Waals surface area contributed by atoms with Crippen molar-refractivity contribution in [1.29, 1.82) is 0 Å². The van der Waals surface area contributed by atoms with Crippen molar-refractivity contribution in [2.45, 2.75) is 6.92 Å². The second-order valence-electron chi connectivity index (χ2n) is 3.98. The van der Waals surface area contributed by atoms with Gasteiger partial charge in [0.05, 0.1) is 10.5 Å². The van der Waals surface area contributed by atoms with E-state index < -0.39 is 10.9 Å². The predicted molar refractivity (Wildman–Crippen MR) is 69.5 cm³/mol. The first kappa shape index (κ1) is 14.8. The summed E-state index contributed by atoms with van der Waals surface area (Å²) in [5, 5.41) is 22.5. The Morgan fingerprint density at radius 3 is 2.84 bits per heavy atom. The summed E-state index contributed by atoms with van der Waals surface area (Å²) in [6, 6.07) is 1.00. The van der Waals surface area contributed by atoms with Crippen molar-refractivity contribution < 1.29 is 14.8 Å². The normalized spacial score (nSPS) is 10.5. The lowest BCUT2D eigenvalue weighted by atomic mass is 10.2. The standard InChI is InChI=1S/C11H16N4O4/c1-3-14(2)5-4-12-10-9(15(18)19)6-8(7-13-10)11(16)17/h6-7H,3-5H2,1-2H3,(H,12,13)(H,16,17). The number of carbonyl (C=O) groups is 1. The highest BCUT2D eigenvalue weighted by molar-refractivity contribution is 5.88. The van der Waals surface area contributed by atoms with E-state index in [0.717, 1.165) is 18.8 Å². The fourth-order valence-electron chi connectivity index (χ4n) is 1.37. The first-order valence-electron chi connectivity index (χ1n) is 5.75. The second-order valence-corrected chi connectivity index (χ2v) is 3.98. The number of anilines is 1. The highest BCUT2D eigenvalue weighted by Gasteiger charge is 2.18. The number of hydrogen-bond acceptors (Lipinski definition) is 6. The van der Waals surface area contributed by atoms with E-state index in [-0.39, 0.29) is 17.1 Å². The number of carboxylic acids is 1. The van der Waals surface area contributed by atoms with Crippen LogP contribution in [0, 0.1) is 10.1 Å². The zero-order valence-corrected chi connectivity index (χ0v) is 10.8. The molecule has 104 valence electrons. The van der Waals surface area contributed by atoms with Crippen LogP contribution in [0.3, 0.4) is 0 Å². The minimum Gasteiger partial charge on any atom is -0.478 e. The van der Waals surface area contributed by atoms with Gasteiger partial charge in [-0.15, -0.1) is 0 Å². The van der Waals surface area contributed by atoms with E-state index in [2.05, 4.69) is 10.3 Å². The maximum Gasteiger partial charge on any atom is 0.337 e. The number of nitrogens with zero attached hydrogens (tertiary/aromatic N) is 3. The average Bonchev–Trinajstić information content (AvgIpc) is 2.38. The van der Waals surface area contributed by atoms with Gasteiger partial charge in [0, 0.05) is 25.4 Å². The van der Waals surface area contributed by atoms with Crippen molar-refractivity contribution in [1.82, 2.24) is 9.88 Å². The number of carboxylic acid groups (broad SMARTS) is 1. The largest absolute Gasteiger partial charge is 0.478 e. The molecule has 0 aliphatic rings. The van der Waals surface area contributed by atoms with Gasteiger partial charge in [-0.3, -0.25) is 10.1 Å². The Morgan fingerprint density at radius 1 is 1.63 bits per heavy atom. The van der Waals surface area contributed by atoms with Crippen molar-refractivity contribution in [2.24, 2.45) is 0 Å². The van der Waals surface area contributed by atoms with Gasteiger partial charge in [0.2, 0.25) is 5.82 Å². The lowest BCUT2D eigenvalue weighted by Crippen LogP contribution is -2.25. The monoisotopic (exact) mass is 268 g/mol. The molecule has 2 N–H and O–H groups in total. The first-order chi connectivity index (χ1) is 8.95. The summed E-state index contributed by atoms with van der Waals surface area (Å²) in [4.78, 5) is 26.8. The highest BCUT2D eigenvalue weighted by atomic mass is 16.6. The molecule has 0 atom stereocenters. The minimum atomic E-state index is -1.24. The quantitative estimate of drug-likeness (QED) is 0.562. The van der Waals surface area contributed by atoms with Crippen molar-refractivity contribution >= 4 is 17.5 Å². The van der Waals surface area contributed by atoms with Gasteiger partial charge in [0.15, 0.2) is 0 Å². The molecule has 0 aliphatic heterocycles. The van der Waals surface area contributed by atoms with Crippen LogP contribution in [0.4, 0.5) is 11.5 Å². The Kier molecular flexibility index (Phi) is 5.19.